The van der Waals surface area contributed by atoms with Crippen molar-refractivity contribution in [1.82, 2.24) is 25.0 Å². The second kappa shape index (κ2) is 9.71. The van der Waals surface area contributed by atoms with Crippen LogP contribution < -0.4 is 5.32 Å². The van der Waals surface area contributed by atoms with Gasteiger partial charge in [-0.05, 0) is 56.1 Å². The van der Waals surface area contributed by atoms with Crippen LogP contribution in [0.1, 0.15) is 47.2 Å². The molecule has 0 aliphatic carbocycles. The Bertz CT molecular complexity index is 1360. The van der Waals surface area contributed by atoms with Gasteiger partial charge < -0.3 is 14.5 Å². The molecule has 1 N–H and O–H groups in total. The largest absolute Gasteiger partial charge is 0.453 e. The summed E-state index contributed by atoms with van der Waals surface area (Å²) >= 11 is 0. The number of hydrogen-bond donors (Lipinski definition) is 1. The fraction of sp³-hybridized carbons (Fsp3) is 0.464. The fourth-order valence-electron chi connectivity index (χ4n) is 6.29. The highest BCUT2D eigenvalue weighted by atomic mass is 19.1. The number of hydrogen-bond acceptors (Lipinski definition) is 7. The van der Waals surface area contributed by atoms with Crippen molar-refractivity contribution in [3.63, 3.8) is 0 Å². The molecule has 4 amide bonds. The van der Waals surface area contributed by atoms with Gasteiger partial charge in [0.05, 0.1) is 7.11 Å². The molecule has 0 radical (unpaired) electrons. The highest BCUT2D eigenvalue weighted by molar-refractivity contribution is 6.05. The number of nitrogens with zero attached hydrogens (tertiary/aromatic N) is 4. The van der Waals surface area contributed by atoms with Crippen molar-refractivity contribution in [3.05, 3.63) is 53.0 Å². The maximum Gasteiger partial charge on any atom is 0.409 e. The van der Waals surface area contributed by atoms with Crippen molar-refractivity contribution in [2.24, 2.45) is 5.41 Å². The third-order valence-corrected chi connectivity index (χ3v) is 8.56. The van der Waals surface area contributed by atoms with Gasteiger partial charge in [0.1, 0.15) is 11.7 Å². The molecular weight excluding hydrogens is 505 g/mol. The molecule has 1 atom stereocenters. The smallest absolute Gasteiger partial charge is 0.409 e. The number of aromatic nitrogens is 1. The number of likely N-dealkylation sites (tertiary alicyclic amines) is 2. The first-order valence-electron chi connectivity index (χ1n) is 13.2. The summed E-state index contributed by atoms with van der Waals surface area (Å²) in [6.45, 7) is 3.75. The van der Waals surface area contributed by atoms with Crippen LogP contribution in [0.2, 0.25) is 0 Å². The number of piperidine rings is 2. The maximum atomic E-state index is 15.7. The van der Waals surface area contributed by atoms with E-state index in [0.29, 0.717) is 41.9 Å². The Kier molecular flexibility index (Phi) is 6.33. The average Bonchev–Trinajstić information content (AvgIpc) is 3.24. The fourth-order valence-corrected chi connectivity index (χ4v) is 6.29. The number of amides is 4. The van der Waals surface area contributed by atoms with Crippen molar-refractivity contribution in [3.8, 4) is 11.3 Å². The van der Waals surface area contributed by atoms with Gasteiger partial charge in [0.15, 0.2) is 5.82 Å². The van der Waals surface area contributed by atoms with Gasteiger partial charge >= 0.3 is 6.09 Å². The first kappa shape index (κ1) is 25.4. The summed E-state index contributed by atoms with van der Waals surface area (Å²) in [6.07, 6.45) is 3.69. The first-order chi connectivity index (χ1) is 18.8. The Morgan fingerprint density at radius 2 is 1.95 bits per heavy atom. The van der Waals surface area contributed by atoms with Gasteiger partial charge in [0, 0.05) is 60.9 Å². The van der Waals surface area contributed by atoms with Crippen molar-refractivity contribution in [1.29, 1.82) is 0 Å². The average molecular weight is 536 g/mol. The second-order valence-corrected chi connectivity index (χ2v) is 11.0. The minimum Gasteiger partial charge on any atom is -0.453 e. The Balaban J connectivity index is 1.13. The minimum absolute atomic E-state index is 0.135. The molecule has 0 bridgehead atoms. The molecule has 2 aromatic rings. The minimum atomic E-state index is -0.698. The van der Waals surface area contributed by atoms with E-state index in [9.17, 15) is 19.2 Å². The zero-order valence-corrected chi connectivity index (χ0v) is 21.7. The van der Waals surface area contributed by atoms with Crippen molar-refractivity contribution in [2.75, 3.05) is 33.3 Å². The summed E-state index contributed by atoms with van der Waals surface area (Å²) in [5.74, 6) is -1.45. The highest BCUT2D eigenvalue weighted by Crippen LogP contribution is 2.41. The van der Waals surface area contributed by atoms with Crippen LogP contribution in [-0.2, 0) is 27.4 Å². The SMILES string of the molecule is COC(=O)N1CC2(CCN(Cc3ccnc(-c4ccc5c(c4)CN(C4CCC(=O)NC4=O)C5=O)c3F)CC2)C1. The molecule has 1 aromatic carbocycles. The van der Waals surface area contributed by atoms with E-state index in [4.69, 9.17) is 4.74 Å². The van der Waals surface area contributed by atoms with E-state index < -0.39 is 11.9 Å². The van der Waals surface area contributed by atoms with Crippen molar-refractivity contribution < 1.29 is 28.3 Å². The van der Waals surface area contributed by atoms with Gasteiger partial charge in [-0.25, -0.2) is 9.18 Å². The van der Waals surface area contributed by atoms with Crippen LogP contribution in [0, 0.1) is 11.2 Å². The lowest BCUT2D eigenvalue weighted by Crippen LogP contribution is -2.61. The number of carbonyl (C=O) groups excluding carboxylic acids is 4. The molecular formula is C28H30FN5O5. The number of methoxy groups -OCH3 is 1. The van der Waals surface area contributed by atoms with E-state index in [0.717, 1.165) is 25.9 Å². The molecule has 204 valence electrons. The maximum absolute atomic E-state index is 15.7. The summed E-state index contributed by atoms with van der Waals surface area (Å²) in [4.78, 5) is 58.3. The van der Waals surface area contributed by atoms with Gasteiger partial charge in [0.25, 0.3) is 5.91 Å². The number of fused-ring (bicyclic) bond motifs is 1. The number of halogens is 1. The van der Waals surface area contributed by atoms with E-state index in [1.54, 1.807) is 35.4 Å². The molecule has 6 rings (SSSR count). The number of carbonyl (C=O) groups is 4. The Labute approximate surface area is 225 Å². The topological polar surface area (TPSA) is 112 Å². The lowest BCUT2D eigenvalue weighted by molar-refractivity contribution is -0.136. The van der Waals surface area contributed by atoms with Crippen LogP contribution >= 0.6 is 0 Å². The molecule has 4 aliphatic heterocycles. The number of pyridine rings is 1. The molecule has 4 aliphatic rings. The molecule has 5 heterocycles. The van der Waals surface area contributed by atoms with E-state index in [2.05, 4.69) is 15.2 Å². The van der Waals surface area contributed by atoms with Gasteiger partial charge in [-0.15, -0.1) is 0 Å². The molecule has 3 fully saturated rings. The standard InChI is InChI=1S/C28H30FN5O5/c1-39-27(38)33-15-28(16-33)7-10-32(11-8-28)13-18-6-9-30-24(23(18)29)17-2-3-20-19(12-17)14-34(26(20)37)21-4-5-22(35)31-25(21)36/h2-3,6,9,12,21H,4-5,7-8,10-11,13-16H2,1H3,(H,31,35,36). The van der Waals surface area contributed by atoms with Crippen molar-refractivity contribution >= 4 is 23.8 Å². The Morgan fingerprint density at radius 1 is 1.18 bits per heavy atom. The van der Waals surface area contributed by atoms with E-state index in [1.165, 1.54) is 12.0 Å². The highest BCUT2D eigenvalue weighted by Gasteiger charge is 2.47. The van der Waals surface area contributed by atoms with Crippen LogP contribution in [0.5, 0.6) is 0 Å². The molecule has 1 spiro atoms. The third-order valence-electron chi connectivity index (χ3n) is 8.56. The van der Waals surface area contributed by atoms with E-state index in [1.807, 2.05) is 0 Å². The lowest BCUT2D eigenvalue weighted by Gasteiger charge is -2.53. The number of benzene rings is 1. The predicted molar refractivity (Wildman–Crippen MR) is 137 cm³/mol. The van der Waals surface area contributed by atoms with Gasteiger partial charge in [-0.2, -0.15) is 0 Å². The molecule has 1 unspecified atom stereocenters. The van der Waals surface area contributed by atoms with Gasteiger partial charge in [0.2, 0.25) is 11.8 Å². The molecule has 3 saturated heterocycles. The monoisotopic (exact) mass is 535 g/mol. The molecule has 11 heteroatoms. The van der Waals surface area contributed by atoms with E-state index in [-0.39, 0.29) is 54.2 Å². The van der Waals surface area contributed by atoms with Crippen LogP contribution in [0.25, 0.3) is 11.3 Å². The summed E-state index contributed by atoms with van der Waals surface area (Å²) in [5, 5.41) is 2.30. The molecule has 1 aromatic heterocycles. The van der Waals surface area contributed by atoms with Crippen LogP contribution in [0.3, 0.4) is 0 Å². The molecule has 10 nitrogen and oxygen atoms in total. The normalized spacial score (nSPS) is 22.5. The van der Waals surface area contributed by atoms with Gasteiger partial charge in [-0.3, -0.25) is 29.6 Å². The summed E-state index contributed by atoms with van der Waals surface area (Å²) in [7, 11) is 1.39. The van der Waals surface area contributed by atoms with Crippen molar-refractivity contribution in [2.45, 2.75) is 44.8 Å². The lowest BCUT2D eigenvalue weighted by atomic mass is 9.72. The number of imide groups is 1. The molecule has 39 heavy (non-hydrogen) atoms. The quantitative estimate of drug-likeness (QED) is 0.598. The summed E-state index contributed by atoms with van der Waals surface area (Å²) in [6, 6.07) is 6.12. The van der Waals surface area contributed by atoms with Crippen LogP contribution in [0.15, 0.2) is 30.5 Å². The van der Waals surface area contributed by atoms with E-state index >= 15 is 4.39 Å². The van der Waals surface area contributed by atoms with Crippen LogP contribution in [0.4, 0.5) is 9.18 Å². The Hall–Kier alpha value is -3.86. The second-order valence-electron chi connectivity index (χ2n) is 11.0. The number of nitrogens with one attached hydrogen (secondary N) is 1. The Morgan fingerprint density at radius 3 is 2.67 bits per heavy atom. The third kappa shape index (κ3) is 4.54. The zero-order valence-electron chi connectivity index (χ0n) is 21.7. The van der Waals surface area contributed by atoms with Crippen LogP contribution in [-0.4, -0.2) is 82.8 Å². The predicted octanol–water partition coefficient (Wildman–Crippen LogP) is 2.31. The molecule has 0 saturated carbocycles. The summed E-state index contributed by atoms with van der Waals surface area (Å²) in [5.41, 5.74) is 2.67. The van der Waals surface area contributed by atoms with Gasteiger partial charge in [-0.1, -0.05) is 6.07 Å². The number of rotatable bonds is 4. The summed E-state index contributed by atoms with van der Waals surface area (Å²) < 4.78 is 20.5. The number of ether oxygens (including phenoxy) is 1. The zero-order chi connectivity index (χ0) is 27.3. The first-order valence-corrected chi connectivity index (χ1v) is 13.2.